The van der Waals surface area contributed by atoms with Gasteiger partial charge in [-0.2, -0.15) is 0 Å². The summed E-state index contributed by atoms with van der Waals surface area (Å²) in [7, 11) is 0. The maximum absolute atomic E-state index is 13.8. The van der Waals surface area contributed by atoms with Crippen molar-refractivity contribution in [2.75, 3.05) is 0 Å². The fourth-order valence-corrected chi connectivity index (χ4v) is 2.94. The van der Waals surface area contributed by atoms with Gasteiger partial charge in [-0.1, -0.05) is 26.7 Å². The number of nitrogens with zero attached hydrogens (tertiary/aromatic N) is 2. The van der Waals surface area contributed by atoms with E-state index in [2.05, 4.69) is 39.3 Å². The second kappa shape index (κ2) is 6.44. The number of aromatic nitrogens is 2. The Balaban J connectivity index is 2.58. The third-order valence-corrected chi connectivity index (χ3v) is 4.57. The van der Waals surface area contributed by atoms with Gasteiger partial charge in [-0.15, -0.1) is 11.6 Å². The molecule has 5 heteroatoms. The minimum Gasteiger partial charge on any atom is -0.326 e. The van der Waals surface area contributed by atoms with Crippen LogP contribution in [0.25, 0.3) is 11.0 Å². The number of alkyl halides is 1. The molecule has 0 aliphatic rings. The Morgan fingerprint density at radius 2 is 2.00 bits per heavy atom. The molecule has 0 radical (unpaired) electrons. The van der Waals surface area contributed by atoms with E-state index in [1.54, 1.807) is 6.07 Å². The van der Waals surface area contributed by atoms with Crippen LogP contribution in [0.2, 0.25) is 0 Å². The van der Waals surface area contributed by atoms with Gasteiger partial charge in [-0.25, -0.2) is 9.37 Å². The Hall–Kier alpha value is -0.610. The number of benzene rings is 1. The summed E-state index contributed by atoms with van der Waals surface area (Å²) in [5.74, 6) is 1.09. The highest BCUT2D eigenvalue weighted by molar-refractivity contribution is 9.10. The zero-order valence-electron chi connectivity index (χ0n) is 12.0. The largest absolute Gasteiger partial charge is 0.326 e. The van der Waals surface area contributed by atoms with E-state index in [0.717, 1.165) is 36.2 Å². The van der Waals surface area contributed by atoms with Crippen LogP contribution in [0, 0.1) is 11.7 Å². The molecule has 2 rings (SSSR count). The molecule has 1 unspecified atom stereocenters. The predicted octanol–water partition coefficient (Wildman–Crippen LogP) is 5.67. The van der Waals surface area contributed by atoms with Gasteiger partial charge in [0.1, 0.15) is 11.6 Å². The second-order valence-corrected chi connectivity index (χ2v) is 6.64. The summed E-state index contributed by atoms with van der Waals surface area (Å²) in [6, 6.07) is 3.26. The lowest BCUT2D eigenvalue weighted by Crippen LogP contribution is -2.12. The van der Waals surface area contributed by atoms with Crippen LogP contribution in [-0.2, 0) is 6.54 Å². The Kier molecular flexibility index (Phi) is 5.08. The number of fused-ring (bicyclic) bond motifs is 1. The predicted molar refractivity (Wildman–Crippen MR) is 85.7 cm³/mol. The Morgan fingerprint density at radius 3 is 2.55 bits per heavy atom. The molecule has 2 aromatic rings. The number of imidazole rings is 1. The quantitative estimate of drug-likeness (QED) is 0.627. The van der Waals surface area contributed by atoms with E-state index in [1.165, 1.54) is 6.07 Å². The minimum atomic E-state index is -0.267. The Morgan fingerprint density at radius 1 is 1.35 bits per heavy atom. The zero-order chi connectivity index (χ0) is 14.9. The second-order valence-electron chi connectivity index (χ2n) is 5.13. The van der Waals surface area contributed by atoms with Crippen LogP contribution in [0.4, 0.5) is 4.39 Å². The van der Waals surface area contributed by atoms with Gasteiger partial charge >= 0.3 is 0 Å². The van der Waals surface area contributed by atoms with Gasteiger partial charge in [0.15, 0.2) is 0 Å². The summed E-state index contributed by atoms with van der Waals surface area (Å²) in [6.45, 7) is 7.08. The van der Waals surface area contributed by atoms with Gasteiger partial charge in [0, 0.05) is 12.6 Å². The fraction of sp³-hybridized carbons (Fsp3) is 0.533. The molecule has 110 valence electrons. The molecule has 1 aromatic carbocycles. The van der Waals surface area contributed by atoms with E-state index in [4.69, 9.17) is 11.6 Å². The average Bonchev–Trinajstić information content (AvgIpc) is 2.74. The SMILES string of the molecule is CCC(CC)Cn1c(C(C)Cl)nc2cc(Br)c(F)cc21. The summed E-state index contributed by atoms with van der Waals surface area (Å²) < 4.78 is 16.3. The van der Waals surface area contributed by atoms with Gasteiger partial charge in [0.05, 0.1) is 20.9 Å². The van der Waals surface area contributed by atoms with E-state index < -0.39 is 0 Å². The van der Waals surface area contributed by atoms with Crippen LogP contribution in [0.15, 0.2) is 16.6 Å². The van der Waals surface area contributed by atoms with Crippen LogP contribution < -0.4 is 0 Å². The first kappa shape index (κ1) is 15.8. The molecule has 0 N–H and O–H groups in total. The molecule has 1 heterocycles. The molecule has 0 fully saturated rings. The van der Waals surface area contributed by atoms with Crippen LogP contribution >= 0.6 is 27.5 Å². The molecule has 20 heavy (non-hydrogen) atoms. The van der Waals surface area contributed by atoms with Crippen molar-refractivity contribution >= 4 is 38.6 Å². The summed E-state index contributed by atoms with van der Waals surface area (Å²) in [6.07, 6.45) is 2.18. The number of hydrogen-bond acceptors (Lipinski definition) is 1. The fourth-order valence-electron chi connectivity index (χ4n) is 2.44. The molecule has 0 saturated heterocycles. The van der Waals surface area contributed by atoms with Crippen LogP contribution in [0.5, 0.6) is 0 Å². The standard InChI is InChI=1S/C15H19BrClFN2/c1-4-10(5-2)8-20-14-7-12(18)11(16)6-13(14)19-15(20)9(3)17/h6-7,9-10H,4-5,8H2,1-3H3. The van der Waals surface area contributed by atoms with E-state index in [-0.39, 0.29) is 11.2 Å². The van der Waals surface area contributed by atoms with Crippen molar-refractivity contribution < 1.29 is 4.39 Å². The van der Waals surface area contributed by atoms with Crippen molar-refractivity contribution in [3.05, 3.63) is 28.2 Å². The lowest BCUT2D eigenvalue weighted by molar-refractivity contribution is 0.416. The van der Waals surface area contributed by atoms with E-state index in [1.807, 2.05) is 6.92 Å². The van der Waals surface area contributed by atoms with Crippen molar-refractivity contribution in [2.24, 2.45) is 5.92 Å². The van der Waals surface area contributed by atoms with Crippen molar-refractivity contribution in [3.8, 4) is 0 Å². The monoisotopic (exact) mass is 360 g/mol. The summed E-state index contributed by atoms with van der Waals surface area (Å²) in [5.41, 5.74) is 1.60. The van der Waals surface area contributed by atoms with Crippen LogP contribution in [-0.4, -0.2) is 9.55 Å². The first-order chi connectivity index (χ1) is 9.47. The molecular formula is C15H19BrClFN2. The molecule has 1 aromatic heterocycles. The van der Waals surface area contributed by atoms with Gasteiger partial charge < -0.3 is 4.57 Å². The highest BCUT2D eigenvalue weighted by Gasteiger charge is 2.18. The van der Waals surface area contributed by atoms with Gasteiger partial charge in [0.25, 0.3) is 0 Å². The van der Waals surface area contributed by atoms with Crippen molar-refractivity contribution in [1.29, 1.82) is 0 Å². The normalized spacial score (nSPS) is 13.3. The maximum atomic E-state index is 13.8. The molecule has 0 spiro atoms. The van der Waals surface area contributed by atoms with E-state index in [9.17, 15) is 4.39 Å². The zero-order valence-corrected chi connectivity index (χ0v) is 14.3. The number of halogens is 3. The maximum Gasteiger partial charge on any atom is 0.139 e. The summed E-state index contributed by atoms with van der Waals surface area (Å²) in [4.78, 5) is 4.57. The third-order valence-electron chi connectivity index (χ3n) is 3.77. The highest BCUT2D eigenvalue weighted by Crippen LogP contribution is 2.29. The van der Waals surface area contributed by atoms with Crippen LogP contribution in [0.3, 0.4) is 0 Å². The highest BCUT2D eigenvalue weighted by atomic mass is 79.9. The molecule has 0 bridgehead atoms. The van der Waals surface area contributed by atoms with Crippen LogP contribution in [0.1, 0.15) is 44.8 Å². The number of rotatable bonds is 5. The molecule has 0 saturated carbocycles. The molecule has 2 nitrogen and oxygen atoms in total. The molecule has 0 aliphatic heterocycles. The lowest BCUT2D eigenvalue weighted by atomic mass is 10.0. The lowest BCUT2D eigenvalue weighted by Gasteiger charge is -2.17. The molecule has 1 atom stereocenters. The van der Waals surface area contributed by atoms with Crippen molar-refractivity contribution in [3.63, 3.8) is 0 Å². The minimum absolute atomic E-state index is 0.196. The third kappa shape index (κ3) is 3.01. The Bertz CT molecular complexity index is 605. The molecule has 0 amide bonds. The first-order valence-corrected chi connectivity index (χ1v) is 8.20. The summed E-state index contributed by atoms with van der Waals surface area (Å²) in [5, 5.41) is -0.196. The number of hydrogen-bond donors (Lipinski definition) is 0. The van der Waals surface area contributed by atoms with Crippen molar-refractivity contribution in [2.45, 2.75) is 45.5 Å². The average molecular weight is 362 g/mol. The first-order valence-electron chi connectivity index (χ1n) is 6.97. The topological polar surface area (TPSA) is 17.8 Å². The molecular weight excluding hydrogens is 343 g/mol. The van der Waals surface area contributed by atoms with Gasteiger partial charge in [-0.3, -0.25) is 0 Å². The van der Waals surface area contributed by atoms with E-state index >= 15 is 0 Å². The van der Waals surface area contributed by atoms with Gasteiger partial charge in [-0.05, 0) is 34.8 Å². The van der Waals surface area contributed by atoms with Crippen molar-refractivity contribution in [1.82, 2.24) is 9.55 Å². The molecule has 0 aliphatic carbocycles. The smallest absolute Gasteiger partial charge is 0.139 e. The Labute approximate surface area is 132 Å². The summed E-state index contributed by atoms with van der Waals surface area (Å²) >= 11 is 9.45. The van der Waals surface area contributed by atoms with Gasteiger partial charge in [0.2, 0.25) is 0 Å². The van der Waals surface area contributed by atoms with E-state index in [0.29, 0.717) is 10.4 Å².